The molecule has 0 aromatic heterocycles. The number of ether oxygens (including phenoxy) is 1. The van der Waals surface area contributed by atoms with Crippen LogP contribution in [0, 0.1) is 5.82 Å². The summed E-state index contributed by atoms with van der Waals surface area (Å²) in [5.41, 5.74) is 7.37. The Balaban J connectivity index is 1.71. The monoisotopic (exact) mass is 342 g/mol. The summed E-state index contributed by atoms with van der Waals surface area (Å²) in [6.07, 6.45) is 0. The second kappa shape index (κ2) is 7.81. The fourth-order valence-electron chi connectivity index (χ4n) is 2.19. The van der Waals surface area contributed by atoms with Gasteiger partial charge in [0.25, 0.3) is 0 Å². The molecule has 3 nitrogen and oxygen atoms in total. The maximum Gasteiger partial charge on any atom is 0.134 e. The van der Waals surface area contributed by atoms with E-state index in [1.165, 1.54) is 6.07 Å². The summed E-state index contributed by atoms with van der Waals surface area (Å²) in [5, 5.41) is 0.621. The quantitative estimate of drug-likeness (QED) is 0.589. The van der Waals surface area contributed by atoms with Crippen LogP contribution in [-0.4, -0.2) is 0 Å². The molecule has 0 saturated carbocycles. The van der Waals surface area contributed by atoms with Crippen molar-refractivity contribution in [2.45, 2.75) is 6.54 Å². The molecule has 0 aliphatic heterocycles. The van der Waals surface area contributed by atoms with Gasteiger partial charge in [0, 0.05) is 22.8 Å². The third-order valence-corrected chi connectivity index (χ3v) is 3.64. The number of halogens is 2. The Hall–Kier alpha value is -2.56. The first-order chi connectivity index (χ1) is 11.7. The number of nitrogens with one attached hydrogen (secondary N) is 2. The van der Waals surface area contributed by atoms with Crippen LogP contribution < -0.4 is 15.6 Å². The van der Waals surface area contributed by atoms with Crippen LogP contribution in [0.25, 0.3) is 0 Å². The molecule has 24 heavy (non-hydrogen) atoms. The van der Waals surface area contributed by atoms with Gasteiger partial charge >= 0.3 is 0 Å². The number of anilines is 1. The zero-order valence-electron chi connectivity index (χ0n) is 12.8. The van der Waals surface area contributed by atoms with E-state index in [2.05, 4.69) is 10.9 Å². The van der Waals surface area contributed by atoms with Gasteiger partial charge in [-0.05, 0) is 48.5 Å². The molecule has 122 valence electrons. The van der Waals surface area contributed by atoms with Crippen LogP contribution in [0.4, 0.5) is 10.1 Å². The molecule has 0 spiro atoms. The lowest BCUT2D eigenvalue weighted by Gasteiger charge is -2.14. The minimum absolute atomic E-state index is 0.268. The van der Waals surface area contributed by atoms with Crippen LogP contribution in [0.5, 0.6) is 11.5 Å². The highest BCUT2D eigenvalue weighted by Gasteiger charge is 2.10. The van der Waals surface area contributed by atoms with Crippen molar-refractivity contribution in [1.29, 1.82) is 0 Å². The van der Waals surface area contributed by atoms with Crippen LogP contribution in [0.1, 0.15) is 5.56 Å². The maximum atomic E-state index is 14.2. The second-order valence-electron chi connectivity index (χ2n) is 5.12. The van der Waals surface area contributed by atoms with Gasteiger partial charge in [-0.2, -0.15) is 0 Å². The highest BCUT2D eigenvalue weighted by molar-refractivity contribution is 6.30. The highest BCUT2D eigenvalue weighted by Crippen LogP contribution is 2.28. The normalized spacial score (nSPS) is 10.4. The van der Waals surface area contributed by atoms with Gasteiger partial charge in [-0.1, -0.05) is 35.9 Å². The Morgan fingerprint density at radius 1 is 0.875 bits per heavy atom. The summed E-state index contributed by atoms with van der Waals surface area (Å²) in [7, 11) is 0. The largest absolute Gasteiger partial charge is 0.457 e. The predicted octanol–water partition coefficient (Wildman–Crippen LogP) is 5.39. The Morgan fingerprint density at radius 2 is 1.62 bits per heavy atom. The van der Waals surface area contributed by atoms with Crippen LogP contribution in [0.15, 0.2) is 72.8 Å². The lowest BCUT2D eigenvalue weighted by atomic mass is 10.2. The van der Waals surface area contributed by atoms with E-state index in [1.807, 2.05) is 30.3 Å². The standard InChI is InChI=1S/C19H16ClFN2O/c20-14-9-11-16(12-10-14)24-19-8-4-7-18(21)17(19)13-22-23-15-5-2-1-3-6-15/h1-12,22-23H,13H2. The first-order valence-electron chi connectivity index (χ1n) is 7.47. The van der Waals surface area contributed by atoms with Crippen LogP contribution in [-0.2, 0) is 6.54 Å². The molecule has 0 saturated heterocycles. The number of hydrazine groups is 1. The molecule has 2 N–H and O–H groups in total. The van der Waals surface area contributed by atoms with Crippen molar-refractivity contribution in [3.05, 3.63) is 89.2 Å². The summed E-state index contributed by atoms with van der Waals surface area (Å²) in [6.45, 7) is 0.268. The average Bonchev–Trinajstić information content (AvgIpc) is 2.60. The molecule has 0 unspecified atom stereocenters. The predicted molar refractivity (Wildman–Crippen MR) is 94.8 cm³/mol. The summed E-state index contributed by atoms with van der Waals surface area (Å²) >= 11 is 5.86. The number of rotatable bonds is 6. The molecule has 0 heterocycles. The van der Waals surface area contributed by atoms with E-state index in [9.17, 15) is 4.39 Å². The van der Waals surface area contributed by atoms with Gasteiger partial charge in [0.15, 0.2) is 0 Å². The van der Waals surface area contributed by atoms with E-state index in [0.29, 0.717) is 22.1 Å². The van der Waals surface area contributed by atoms with Gasteiger partial charge in [-0.3, -0.25) is 0 Å². The number of para-hydroxylation sites is 1. The Labute approximate surface area is 145 Å². The molecule has 3 aromatic carbocycles. The van der Waals surface area contributed by atoms with Gasteiger partial charge in [0.2, 0.25) is 0 Å². The van der Waals surface area contributed by atoms with E-state index in [0.717, 1.165) is 5.69 Å². The van der Waals surface area contributed by atoms with Gasteiger partial charge in [-0.25, -0.2) is 9.82 Å². The second-order valence-corrected chi connectivity index (χ2v) is 5.55. The Kier molecular flexibility index (Phi) is 5.31. The van der Waals surface area contributed by atoms with Crippen molar-refractivity contribution in [2.75, 3.05) is 5.43 Å². The molecule has 0 bridgehead atoms. The molecule has 0 fully saturated rings. The molecular formula is C19H16ClFN2O. The van der Waals surface area contributed by atoms with Crippen molar-refractivity contribution in [3.63, 3.8) is 0 Å². The molecule has 0 aliphatic rings. The Morgan fingerprint density at radius 3 is 2.38 bits per heavy atom. The first kappa shape index (κ1) is 16.3. The van der Waals surface area contributed by atoms with Crippen molar-refractivity contribution >= 4 is 17.3 Å². The molecule has 5 heteroatoms. The van der Waals surface area contributed by atoms with Crippen LogP contribution in [0.3, 0.4) is 0 Å². The van der Waals surface area contributed by atoms with Crippen molar-refractivity contribution in [1.82, 2.24) is 5.43 Å². The zero-order chi connectivity index (χ0) is 16.8. The zero-order valence-corrected chi connectivity index (χ0v) is 13.6. The lowest BCUT2D eigenvalue weighted by molar-refractivity contribution is 0.464. The molecular weight excluding hydrogens is 327 g/mol. The van der Waals surface area contributed by atoms with Crippen molar-refractivity contribution < 1.29 is 9.13 Å². The third kappa shape index (κ3) is 4.25. The van der Waals surface area contributed by atoms with Gasteiger partial charge in [0.1, 0.15) is 17.3 Å². The Bertz CT molecular complexity index is 794. The van der Waals surface area contributed by atoms with Gasteiger partial charge < -0.3 is 10.2 Å². The topological polar surface area (TPSA) is 33.3 Å². The average molecular weight is 343 g/mol. The first-order valence-corrected chi connectivity index (χ1v) is 7.85. The number of benzene rings is 3. The molecule has 0 radical (unpaired) electrons. The minimum Gasteiger partial charge on any atom is -0.457 e. The fourth-order valence-corrected chi connectivity index (χ4v) is 2.32. The smallest absolute Gasteiger partial charge is 0.134 e. The molecule has 0 aliphatic carbocycles. The van der Waals surface area contributed by atoms with E-state index in [4.69, 9.17) is 16.3 Å². The van der Waals surface area contributed by atoms with E-state index >= 15 is 0 Å². The number of hydrogen-bond acceptors (Lipinski definition) is 3. The summed E-state index contributed by atoms with van der Waals surface area (Å²) in [5.74, 6) is 0.728. The summed E-state index contributed by atoms with van der Waals surface area (Å²) in [6, 6.07) is 21.3. The molecule has 3 rings (SSSR count). The maximum absolute atomic E-state index is 14.2. The van der Waals surface area contributed by atoms with Crippen molar-refractivity contribution in [3.8, 4) is 11.5 Å². The van der Waals surface area contributed by atoms with E-state index in [1.54, 1.807) is 36.4 Å². The summed E-state index contributed by atoms with van der Waals surface area (Å²) < 4.78 is 20.0. The minimum atomic E-state index is -0.330. The highest BCUT2D eigenvalue weighted by atomic mass is 35.5. The number of hydrogen-bond donors (Lipinski definition) is 2. The van der Waals surface area contributed by atoms with Gasteiger partial charge in [0.05, 0.1) is 0 Å². The van der Waals surface area contributed by atoms with Crippen LogP contribution >= 0.6 is 11.6 Å². The van der Waals surface area contributed by atoms with E-state index in [-0.39, 0.29) is 12.4 Å². The van der Waals surface area contributed by atoms with Crippen LogP contribution in [0.2, 0.25) is 5.02 Å². The van der Waals surface area contributed by atoms with Crippen molar-refractivity contribution in [2.24, 2.45) is 0 Å². The van der Waals surface area contributed by atoms with Gasteiger partial charge in [-0.15, -0.1) is 0 Å². The molecule has 3 aromatic rings. The fraction of sp³-hybridized carbons (Fsp3) is 0.0526. The van der Waals surface area contributed by atoms with E-state index < -0.39 is 0 Å². The lowest BCUT2D eigenvalue weighted by Crippen LogP contribution is -2.21. The summed E-state index contributed by atoms with van der Waals surface area (Å²) in [4.78, 5) is 0. The molecule has 0 atom stereocenters. The molecule has 0 amide bonds. The SMILES string of the molecule is Fc1cccc(Oc2ccc(Cl)cc2)c1CNNc1ccccc1. The third-order valence-electron chi connectivity index (χ3n) is 3.39.